The van der Waals surface area contributed by atoms with Crippen molar-refractivity contribution in [1.29, 1.82) is 0 Å². The zero-order chi connectivity index (χ0) is 9.84. The molecule has 2 N–H and O–H groups in total. The van der Waals surface area contributed by atoms with Crippen LogP contribution in [0.25, 0.3) is 0 Å². The monoisotopic (exact) mass is 175 g/mol. The molecule has 0 unspecified atom stereocenters. The van der Waals surface area contributed by atoms with Crippen molar-refractivity contribution in [2.24, 2.45) is 0 Å². The molecule has 0 aliphatic heterocycles. The Bertz CT molecular complexity index is 301. The highest BCUT2D eigenvalue weighted by Gasteiger charge is 2.01. The van der Waals surface area contributed by atoms with E-state index in [4.69, 9.17) is 5.73 Å². The molecule has 0 radical (unpaired) electrons. The number of nitrogens with two attached hydrogens (primary N) is 1. The first-order chi connectivity index (χ1) is 6.15. The number of allylic oxidation sites excluding steroid dienone is 2. The summed E-state index contributed by atoms with van der Waals surface area (Å²) in [6.45, 7) is 6.27. The molecule has 0 saturated carbocycles. The second-order valence-electron chi connectivity index (χ2n) is 3.41. The molecule has 0 atom stereocenters. The molecule has 0 aromatic heterocycles. The Morgan fingerprint density at radius 2 is 1.77 bits per heavy atom. The molecule has 0 bridgehead atoms. The highest BCUT2D eigenvalue weighted by molar-refractivity contribution is 5.49. The van der Waals surface area contributed by atoms with Crippen molar-refractivity contribution in [2.45, 2.75) is 27.2 Å². The minimum absolute atomic E-state index is 0.860. The standard InChI is InChI=1S/C12H17N/c1-4-5-6-12-9(2)7-11(13)8-10(12)3/h4-5,7-8H,6,13H2,1-3H3/b5-4+. The van der Waals surface area contributed by atoms with E-state index in [1.54, 1.807) is 0 Å². The van der Waals surface area contributed by atoms with Crippen LogP contribution in [-0.4, -0.2) is 0 Å². The van der Waals surface area contributed by atoms with E-state index in [2.05, 4.69) is 26.0 Å². The van der Waals surface area contributed by atoms with Gasteiger partial charge in [0.1, 0.15) is 0 Å². The third-order valence-electron chi connectivity index (χ3n) is 2.28. The van der Waals surface area contributed by atoms with E-state index in [0.29, 0.717) is 0 Å². The lowest BCUT2D eigenvalue weighted by Gasteiger charge is -2.08. The average molecular weight is 175 g/mol. The van der Waals surface area contributed by atoms with Gasteiger partial charge in [-0.15, -0.1) is 0 Å². The van der Waals surface area contributed by atoms with E-state index < -0.39 is 0 Å². The fourth-order valence-electron chi connectivity index (χ4n) is 1.58. The van der Waals surface area contributed by atoms with Crippen LogP contribution < -0.4 is 5.73 Å². The van der Waals surface area contributed by atoms with Gasteiger partial charge in [0.2, 0.25) is 0 Å². The second-order valence-corrected chi connectivity index (χ2v) is 3.41. The van der Waals surface area contributed by atoms with Crippen LogP contribution in [0, 0.1) is 13.8 Å². The maximum atomic E-state index is 5.74. The Balaban J connectivity index is 3.05. The van der Waals surface area contributed by atoms with E-state index in [9.17, 15) is 0 Å². The van der Waals surface area contributed by atoms with Crippen molar-refractivity contribution in [3.8, 4) is 0 Å². The Morgan fingerprint density at radius 3 is 2.23 bits per heavy atom. The summed E-state index contributed by atoms with van der Waals surface area (Å²) in [6.07, 6.45) is 5.26. The molecule has 0 amide bonds. The lowest BCUT2D eigenvalue weighted by atomic mass is 9.99. The molecule has 1 aromatic rings. The summed E-state index contributed by atoms with van der Waals surface area (Å²) in [6, 6.07) is 4.07. The van der Waals surface area contributed by atoms with Gasteiger partial charge in [0.15, 0.2) is 0 Å². The third-order valence-corrected chi connectivity index (χ3v) is 2.28. The van der Waals surface area contributed by atoms with Gasteiger partial charge >= 0.3 is 0 Å². The maximum Gasteiger partial charge on any atom is 0.0319 e. The van der Waals surface area contributed by atoms with Gasteiger partial charge in [-0.2, -0.15) is 0 Å². The summed E-state index contributed by atoms with van der Waals surface area (Å²) in [5, 5.41) is 0. The molecule has 1 rings (SSSR count). The minimum Gasteiger partial charge on any atom is -0.399 e. The van der Waals surface area contributed by atoms with Crippen LogP contribution in [0.1, 0.15) is 23.6 Å². The molecule has 0 heterocycles. The SMILES string of the molecule is C/C=C/Cc1c(C)cc(N)cc1C. The van der Waals surface area contributed by atoms with E-state index in [1.165, 1.54) is 16.7 Å². The van der Waals surface area contributed by atoms with Crippen molar-refractivity contribution >= 4 is 5.69 Å². The molecule has 0 spiro atoms. The maximum absolute atomic E-state index is 5.74. The highest BCUT2D eigenvalue weighted by atomic mass is 14.5. The van der Waals surface area contributed by atoms with Crippen LogP contribution in [-0.2, 0) is 6.42 Å². The van der Waals surface area contributed by atoms with Gasteiger partial charge in [0.25, 0.3) is 0 Å². The summed E-state index contributed by atoms with van der Waals surface area (Å²) in [4.78, 5) is 0. The first kappa shape index (κ1) is 9.85. The fourth-order valence-corrected chi connectivity index (χ4v) is 1.58. The number of rotatable bonds is 2. The second kappa shape index (κ2) is 4.13. The van der Waals surface area contributed by atoms with Gasteiger partial charge in [-0.25, -0.2) is 0 Å². The Labute approximate surface area is 80.3 Å². The average Bonchev–Trinajstić information content (AvgIpc) is 2.02. The van der Waals surface area contributed by atoms with Crippen molar-refractivity contribution in [3.63, 3.8) is 0 Å². The molecule has 13 heavy (non-hydrogen) atoms. The van der Waals surface area contributed by atoms with Crippen LogP contribution in [0.2, 0.25) is 0 Å². The number of hydrogen-bond acceptors (Lipinski definition) is 1. The van der Waals surface area contributed by atoms with E-state index in [1.807, 2.05) is 19.1 Å². The van der Waals surface area contributed by atoms with Crippen LogP contribution in [0.5, 0.6) is 0 Å². The van der Waals surface area contributed by atoms with Gasteiger partial charge in [-0.3, -0.25) is 0 Å². The van der Waals surface area contributed by atoms with Gasteiger partial charge < -0.3 is 5.73 Å². The largest absolute Gasteiger partial charge is 0.399 e. The number of anilines is 1. The topological polar surface area (TPSA) is 26.0 Å². The van der Waals surface area contributed by atoms with Crippen LogP contribution >= 0.6 is 0 Å². The number of hydrogen-bond donors (Lipinski definition) is 1. The third kappa shape index (κ3) is 2.35. The Kier molecular flexibility index (Phi) is 3.13. The van der Waals surface area contributed by atoms with E-state index in [-0.39, 0.29) is 0 Å². The van der Waals surface area contributed by atoms with E-state index in [0.717, 1.165) is 12.1 Å². The zero-order valence-corrected chi connectivity index (χ0v) is 8.59. The van der Waals surface area contributed by atoms with Crippen molar-refractivity contribution in [3.05, 3.63) is 41.0 Å². The lowest BCUT2D eigenvalue weighted by Crippen LogP contribution is -1.95. The molecule has 0 aliphatic rings. The smallest absolute Gasteiger partial charge is 0.0319 e. The molecule has 1 nitrogen and oxygen atoms in total. The number of benzene rings is 1. The quantitative estimate of drug-likeness (QED) is 0.542. The van der Waals surface area contributed by atoms with Gasteiger partial charge in [-0.1, -0.05) is 12.2 Å². The minimum atomic E-state index is 0.860. The molecule has 0 saturated heterocycles. The normalized spacial score (nSPS) is 11.0. The summed E-state index contributed by atoms with van der Waals surface area (Å²) in [7, 11) is 0. The first-order valence-electron chi connectivity index (χ1n) is 4.62. The Morgan fingerprint density at radius 1 is 1.23 bits per heavy atom. The predicted octanol–water partition coefficient (Wildman–Crippen LogP) is 3.00. The van der Waals surface area contributed by atoms with E-state index >= 15 is 0 Å². The molecular formula is C12H17N. The molecule has 1 heteroatoms. The zero-order valence-electron chi connectivity index (χ0n) is 8.59. The molecular weight excluding hydrogens is 158 g/mol. The molecule has 70 valence electrons. The molecule has 0 aliphatic carbocycles. The predicted molar refractivity (Wildman–Crippen MR) is 58.8 cm³/mol. The van der Waals surface area contributed by atoms with Crippen molar-refractivity contribution < 1.29 is 0 Å². The first-order valence-corrected chi connectivity index (χ1v) is 4.62. The van der Waals surface area contributed by atoms with Crippen LogP contribution in [0.3, 0.4) is 0 Å². The summed E-state index contributed by atoms with van der Waals surface area (Å²) < 4.78 is 0. The van der Waals surface area contributed by atoms with Gasteiger partial charge in [0.05, 0.1) is 0 Å². The lowest BCUT2D eigenvalue weighted by molar-refractivity contribution is 1.16. The van der Waals surface area contributed by atoms with Gasteiger partial charge in [0, 0.05) is 5.69 Å². The van der Waals surface area contributed by atoms with Crippen molar-refractivity contribution in [1.82, 2.24) is 0 Å². The van der Waals surface area contributed by atoms with Gasteiger partial charge in [-0.05, 0) is 56.0 Å². The highest BCUT2D eigenvalue weighted by Crippen LogP contribution is 2.18. The fraction of sp³-hybridized carbons (Fsp3) is 0.333. The summed E-state index contributed by atoms with van der Waals surface area (Å²) in [5.74, 6) is 0. The van der Waals surface area contributed by atoms with Crippen molar-refractivity contribution in [2.75, 3.05) is 5.73 Å². The summed E-state index contributed by atoms with van der Waals surface area (Å²) >= 11 is 0. The summed E-state index contributed by atoms with van der Waals surface area (Å²) in [5.41, 5.74) is 10.6. The van der Waals surface area contributed by atoms with Crippen LogP contribution in [0.15, 0.2) is 24.3 Å². The Hall–Kier alpha value is -1.24. The number of nitrogen functional groups attached to an aromatic ring is 1. The molecule has 0 fully saturated rings. The van der Waals surface area contributed by atoms with Crippen LogP contribution in [0.4, 0.5) is 5.69 Å². The number of aryl methyl sites for hydroxylation is 2. The molecule has 1 aromatic carbocycles.